The standard InChI is InChI=1S/C12H19N5OS/c1-19-12-15-9(13)8-10(16-12)14-5-7-17-6-3-2-4-11(17)18/h8H,2-7H2,1H3,(H3,13,14,15,16). The number of thioether (sulfide) groups is 1. The van der Waals surface area contributed by atoms with E-state index >= 15 is 0 Å². The number of piperidine rings is 1. The van der Waals surface area contributed by atoms with Crippen molar-refractivity contribution in [2.75, 3.05) is 36.9 Å². The van der Waals surface area contributed by atoms with Gasteiger partial charge in [-0.3, -0.25) is 4.79 Å². The number of nitrogen functional groups attached to an aromatic ring is 1. The second-order valence-corrected chi connectivity index (χ2v) is 5.20. The number of hydrogen-bond acceptors (Lipinski definition) is 6. The van der Waals surface area contributed by atoms with Crippen LogP contribution in [0, 0.1) is 0 Å². The molecule has 0 aromatic carbocycles. The van der Waals surface area contributed by atoms with Crippen molar-refractivity contribution in [1.82, 2.24) is 14.9 Å². The van der Waals surface area contributed by atoms with Crippen LogP contribution in [-0.4, -0.2) is 46.7 Å². The average molecular weight is 281 g/mol. The second-order valence-electron chi connectivity index (χ2n) is 4.43. The number of rotatable bonds is 5. The first-order valence-corrected chi connectivity index (χ1v) is 7.61. The molecule has 2 heterocycles. The molecule has 7 heteroatoms. The Hall–Kier alpha value is -1.50. The van der Waals surface area contributed by atoms with Crippen molar-refractivity contribution >= 4 is 29.3 Å². The molecule has 104 valence electrons. The normalized spacial score (nSPS) is 15.6. The van der Waals surface area contributed by atoms with Gasteiger partial charge >= 0.3 is 0 Å². The number of likely N-dealkylation sites (tertiary alicyclic amines) is 1. The van der Waals surface area contributed by atoms with Crippen molar-refractivity contribution in [2.24, 2.45) is 0 Å². The van der Waals surface area contributed by atoms with Crippen molar-refractivity contribution in [1.29, 1.82) is 0 Å². The van der Waals surface area contributed by atoms with Crippen LogP contribution in [-0.2, 0) is 4.79 Å². The van der Waals surface area contributed by atoms with Crippen LogP contribution in [0.15, 0.2) is 11.2 Å². The maximum absolute atomic E-state index is 11.6. The molecule has 1 saturated heterocycles. The Labute approximate surface area is 117 Å². The molecule has 1 aliphatic heterocycles. The lowest BCUT2D eigenvalue weighted by Gasteiger charge is -2.26. The topological polar surface area (TPSA) is 84.1 Å². The highest BCUT2D eigenvalue weighted by Gasteiger charge is 2.17. The van der Waals surface area contributed by atoms with Gasteiger partial charge in [-0.25, -0.2) is 9.97 Å². The average Bonchev–Trinajstić information content (AvgIpc) is 2.40. The summed E-state index contributed by atoms with van der Waals surface area (Å²) in [6.07, 6.45) is 4.70. The first kappa shape index (κ1) is 13.9. The van der Waals surface area contributed by atoms with Gasteiger partial charge in [-0.2, -0.15) is 0 Å². The molecule has 0 bridgehead atoms. The predicted octanol–water partition coefficient (Wildman–Crippen LogP) is 1.21. The SMILES string of the molecule is CSc1nc(N)cc(NCCN2CCCCC2=O)n1. The zero-order chi connectivity index (χ0) is 13.7. The van der Waals surface area contributed by atoms with Gasteiger partial charge in [0.25, 0.3) is 0 Å². The summed E-state index contributed by atoms with van der Waals surface area (Å²) in [5, 5.41) is 3.84. The van der Waals surface area contributed by atoms with Crippen molar-refractivity contribution in [3.05, 3.63) is 6.07 Å². The largest absolute Gasteiger partial charge is 0.383 e. The van der Waals surface area contributed by atoms with E-state index in [1.165, 1.54) is 11.8 Å². The third kappa shape index (κ3) is 3.99. The van der Waals surface area contributed by atoms with Crippen molar-refractivity contribution < 1.29 is 4.79 Å². The van der Waals surface area contributed by atoms with Gasteiger partial charge in [0.15, 0.2) is 5.16 Å². The van der Waals surface area contributed by atoms with Crippen molar-refractivity contribution in [2.45, 2.75) is 24.4 Å². The number of carbonyl (C=O) groups is 1. The molecule has 0 spiro atoms. The molecule has 19 heavy (non-hydrogen) atoms. The Morgan fingerprint density at radius 1 is 1.47 bits per heavy atom. The number of hydrogen-bond donors (Lipinski definition) is 2. The van der Waals surface area contributed by atoms with Gasteiger partial charge in [0.2, 0.25) is 5.91 Å². The molecule has 0 unspecified atom stereocenters. The summed E-state index contributed by atoms with van der Waals surface area (Å²) in [6.45, 7) is 2.25. The van der Waals surface area contributed by atoms with E-state index in [0.29, 0.717) is 36.3 Å². The van der Waals surface area contributed by atoms with Crippen LogP contribution in [0.4, 0.5) is 11.6 Å². The summed E-state index contributed by atoms with van der Waals surface area (Å²) < 4.78 is 0. The number of carbonyl (C=O) groups excluding carboxylic acids is 1. The summed E-state index contributed by atoms with van der Waals surface area (Å²) in [5.74, 6) is 1.41. The monoisotopic (exact) mass is 281 g/mol. The molecule has 6 nitrogen and oxygen atoms in total. The van der Waals surface area contributed by atoms with E-state index in [2.05, 4.69) is 15.3 Å². The van der Waals surface area contributed by atoms with Crippen molar-refractivity contribution in [3.8, 4) is 0 Å². The molecule has 1 aliphatic rings. The molecule has 1 fully saturated rings. The van der Waals surface area contributed by atoms with Gasteiger partial charge in [0.05, 0.1) is 0 Å². The lowest BCUT2D eigenvalue weighted by Crippen LogP contribution is -2.38. The maximum Gasteiger partial charge on any atom is 0.222 e. The molecule has 2 rings (SSSR count). The minimum atomic E-state index is 0.250. The molecule has 0 saturated carbocycles. The Bertz CT molecular complexity index is 454. The number of nitrogens with two attached hydrogens (primary N) is 1. The van der Waals surface area contributed by atoms with E-state index in [4.69, 9.17) is 5.73 Å². The lowest BCUT2D eigenvalue weighted by molar-refractivity contribution is -0.133. The van der Waals surface area contributed by atoms with Gasteiger partial charge in [0.1, 0.15) is 11.6 Å². The maximum atomic E-state index is 11.6. The van der Waals surface area contributed by atoms with Gasteiger partial charge in [0, 0.05) is 32.1 Å². The van der Waals surface area contributed by atoms with E-state index in [0.717, 1.165) is 19.4 Å². The van der Waals surface area contributed by atoms with Crippen molar-refractivity contribution in [3.63, 3.8) is 0 Å². The fourth-order valence-electron chi connectivity index (χ4n) is 2.04. The molecule has 0 aliphatic carbocycles. The van der Waals surface area contributed by atoms with Crippen LogP contribution in [0.3, 0.4) is 0 Å². The third-order valence-corrected chi connectivity index (χ3v) is 3.56. The molecule has 0 atom stereocenters. The summed E-state index contributed by atoms with van der Waals surface area (Å²) >= 11 is 1.45. The number of amides is 1. The molecule has 3 N–H and O–H groups in total. The number of anilines is 2. The lowest BCUT2D eigenvalue weighted by atomic mass is 10.1. The number of nitrogens with zero attached hydrogens (tertiary/aromatic N) is 3. The van der Waals surface area contributed by atoms with Crippen LogP contribution in [0.25, 0.3) is 0 Å². The summed E-state index contributed by atoms with van der Waals surface area (Å²) in [4.78, 5) is 21.9. The number of nitrogens with one attached hydrogen (secondary N) is 1. The minimum Gasteiger partial charge on any atom is -0.383 e. The molecule has 1 aromatic heterocycles. The third-order valence-electron chi connectivity index (χ3n) is 3.02. The molecule has 1 amide bonds. The Morgan fingerprint density at radius 2 is 2.32 bits per heavy atom. The molecular weight excluding hydrogens is 262 g/mol. The predicted molar refractivity (Wildman–Crippen MR) is 77.1 cm³/mol. The molecule has 1 aromatic rings. The Morgan fingerprint density at radius 3 is 3.05 bits per heavy atom. The first-order valence-electron chi connectivity index (χ1n) is 6.39. The summed E-state index contributed by atoms with van der Waals surface area (Å²) in [7, 11) is 0. The van der Waals surface area contributed by atoms with Crippen LogP contribution in [0.5, 0.6) is 0 Å². The van der Waals surface area contributed by atoms with Crippen LogP contribution in [0.1, 0.15) is 19.3 Å². The van der Waals surface area contributed by atoms with Gasteiger partial charge in [-0.1, -0.05) is 11.8 Å². The highest BCUT2D eigenvalue weighted by Crippen LogP contribution is 2.15. The first-order chi connectivity index (χ1) is 9.19. The highest BCUT2D eigenvalue weighted by atomic mass is 32.2. The van der Waals surface area contributed by atoms with Gasteiger partial charge < -0.3 is 16.0 Å². The van der Waals surface area contributed by atoms with E-state index in [1.807, 2.05) is 11.2 Å². The quantitative estimate of drug-likeness (QED) is 0.623. The van der Waals surface area contributed by atoms with Crippen LogP contribution >= 0.6 is 11.8 Å². The molecular formula is C12H19N5OS. The second kappa shape index (κ2) is 6.60. The smallest absolute Gasteiger partial charge is 0.222 e. The van der Waals surface area contributed by atoms with E-state index in [1.54, 1.807) is 6.07 Å². The van der Waals surface area contributed by atoms with Gasteiger partial charge in [-0.05, 0) is 19.1 Å². The summed E-state index contributed by atoms with van der Waals surface area (Å²) in [6, 6.07) is 1.71. The fourth-order valence-corrected chi connectivity index (χ4v) is 2.43. The molecule has 0 radical (unpaired) electrons. The summed E-state index contributed by atoms with van der Waals surface area (Å²) in [5.41, 5.74) is 5.70. The fraction of sp³-hybridized carbons (Fsp3) is 0.583. The highest BCUT2D eigenvalue weighted by molar-refractivity contribution is 7.98. The van der Waals surface area contributed by atoms with E-state index in [-0.39, 0.29) is 5.91 Å². The van der Waals surface area contributed by atoms with Crippen LogP contribution < -0.4 is 11.1 Å². The minimum absolute atomic E-state index is 0.250. The van der Waals surface area contributed by atoms with E-state index in [9.17, 15) is 4.79 Å². The van der Waals surface area contributed by atoms with Gasteiger partial charge in [-0.15, -0.1) is 0 Å². The van der Waals surface area contributed by atoms with Crippen LogP contribution in [0.2, 0.25) is 0 Å². The zero-order valence-electron chi connectivity index (χ0n) is 11.1. The Balaban J connectivity index is 1.85. The zero-order valence-corrected chi connectivity index (χ0v) is 11.9. The Kier molecular flexibility index (Phi) is 4.84. The number of aromatic nitrogens is 2. The van der Waals surface area contributed by atoms with E-state index < -0.39 is 0 Å².